The lowest BCUT2D eigenvalue weighted by molar-refractivity contribution is -0.137. The van der Waals surface area contributed by atoms with Crippen LogP contribution < -0.4 is 5.32 Å². The summed E-state index contributed by atoms with van der Waals surface area (Å²) in [6.07, 6.45) is 4.50. The minimum atomic E-state index is 0.0645. The number of likely N-dealkylation sites (N-methyl/N-ethyl adjacent to an activating group) is 1. The van der Waals surface area contributed by atoms with Crippen LogP contribution in [0.2, 0.25) is 0 Å². The Kier molecular flexibility index (Phi) is 4.62. The normalized spacial score (nSPS) is 34.6. The molecule has 2 fully saturated rings. The van der Waals surface area contributed by atoms with E-state index in [1.165, 1.54) is 12.8 Å². The average Bonchev–Trinajstić information content (AvgIpc) is 2.38. The van der Waals surface area contributed by atoms with Gasteiger partial charge in [-0.3, -0.25) is 9.69 Å². The van der Waals surface area contributed by atoms with Crippen molar-refractivity contribution in [3.8, 4) is 0 Å². The molecule has 2 rings (SSSR count). The second-order valence-corrected chi connectivity index (χ2v) is 5.88. The van der Waals surface area contributed by atoms with Gasteiger partial charge in [0.25, 0.3) is 0 Å². The molecule has 2 saturated heterocycles. The number of nitrogens with one attached hydrogen (secondary N) is 1. The van der Waals surface area contributed by atoms with Crippen LogP contribution in [0.3, 0.4) is 0 Å². The fourth-order valence-corrected chi connectivity index (χ4v) is 3.14. The van der Waals surface area contributed by atoms with Crippen LogP contribution in [0.25, 0.3) is 0 Å². The molecule has 0 aliphatic carbocycles. The molecule has 4 heteroatoms. The Hall–Kier alpha value is -0.610. The van der Waals surface area contributed by atoms with E-state index < -0.39 is 0 Å². The SMILES string of the molecule is CCC1CN(C(=O)C2CCCC(C)N2)CCN1C. The van der Waals surface area contributed by atoms with E-state index in [0.717, 1.165) is 32.5 Å². The first-order valence-electron chi connectivity index (χ1n) is 7.37. The third-order valence-corrected chi connectivity index (χ3v) is 4.47. The van der Waals surface area contributed by atoms with Crippen LogP contribution in [0.4, 0.5) is 0 Å². The van der Waals surface area contributed by atoms with Crippen LogP contribution in [0, 0.1) is 0 Å². The maximum absolute atomic E-state index is 12.5. The van der Waals surface area contributed by atoms with Crippen molar-refractivity contribution in [1.29, 1.82) is 0 Å². The number of rotatable bonds is 2. The number of piperidine rings is 1. The van der Waals surface area contributed by atoms with Crippen molar-refractivity contribution in [3.05, 3.63) is 0 Å². The highest BCUT2D eigenvalue weighted by Crippen LogP contribution is 2.17. The minimum Gasteiger partial charge on any atom is -0.338 e. The van der Waals surface area contributed by atoms with E-state index in [2.05, 4.69) is 36.0 Å². The smallest absolute Gasteiger partial charge is 0.239 e. The molecule has 18 heavy (non-hydrogen) atoms. The maximum atomic E-state index is 12.5. The van der Waals surface area contributed by atoms with E-state index in [1.54, 1.807) is 0 Å². The molecule has 0 aromatic rings. The summed E-state index contributed by atoms with van der Waals surface area (Å²) in [5.41, 5.74) is 0. The molecule has 0 saturated carbocycles. The van der Waals surface area contributed by atoms with Crippen molar-refractivity contribution >= 4 is 5.91 Å². The Morgan fingerprint density at radius 1 is 1.33 bits per heavy atom. The molecule has 2 heterocycles. The molecule has 0 aromatic heterocycles. The minimum absolute atomic E-state index is 0.0645. The summed E-state index contributed by atoms with van der Waals surface area (Å²) >= 11 is 0. The Morgan fingerprint density at radius 3 is 2.78 bits per heavy atom. The molecule has 1 N–H and O–H groups in total. The van der Waals surface area contributed by atoms with E-state index in [4.69, 9.17) is 0 Å². The van der Waals surface area contributed by atoms with E-state index >= 15 is 0 Å². The Labute approximate surface area is 111 Å². The third-order valence-electron chi connectivity index (χ3n) is 4.47. The monoisotopic (exact) mass is 253 g/mol. The zero-order chi connectivity index (χ0) is 13.1. The third kappa shape index (κ3) is 3.04. The second-order valence-electron chi connectivity index (χ2n) is 5.88. The Morgan fingerprint density at radius 2 is 2.11 bits per heavy atom. The van der Waals surface area contributed by atoms with Crippen LogP contribution >= 0.6 is 0 Å². The van der Waals surface area contributed by atoms with Gasteiger partial charge in [0.1, 0.15) is 0 Å². The second kappa shape index (κ2) is 6.02. The molecular weight excluding hydrogens is 226 g/mol. The molecule has 3 atom stereocenters. The molecule has 0 spiro atoms. The summed E-state index contributed by atoms with van der Waals surface area (Å²) in [7, 11) is 2.16. The van der Waals surface area contributed by atoms with Crippen molar-refractivity contribution < 1.29 is 4.79 Å². The number of carbonyl (C=O) groups is 1. The van der Waals surface area contributed by atoms with Gasteiger partial charge in [0.05, 0.1) is 6.04 Å². The fourth-order valence-electron chi connectivity index (χ4n) is 3.14. The summed E-state index contributed by atoms with van der Waals surface area (Å²) in [4.78, 5) is 17.0. The van der Waals surface area contributed by atoms with Crippen molar-refractivity contribution in [2.45, 2.75) is 57.7 Å². The molecular formula is C14H27N3O. The Balaban J connectivity index is 1.92. The van der Waals surface area contributed by atoms with Crippen LogP contribution in [-0.4, -0.2) is 60.5 Å². The highest BCUT2D eigenvalue weighted by atomic mass is 16.2. The van der Waals surface area contributed by atoms with Gasteiger partial charge in [-0.1, -0.05) is 6.92 Å². The number of piperazine rings is 1. The first-order valence-corrected chi connectivity index (χ1v) is 7.37. The predicted octanol–water partition coefficient (Wildman–Crippen LogP) is 1.07. The van der Waals surface area contributed by atoms with E-state index in [1.807, 2.05) is 0 Å². The lowest BCUT2D eigenvalue weighted by Gasteiger charge is -2.41. The number of hydrogen-bond donors (Lipinski definition) is 1. The van der Waals surface area contributed by atoms with Crippen molar-refractivity contribution in [3.63, 3.8) is 0 Å². The molecule has 104 valence electrons. The highest BCUT2D eigenvalue weighted by Gasteiger charge is 2.32. The topological polar surface area (TPSA) is 35.6 Å². The van der Waals surface area contributed by atoms with Crippen molar-refractivity contribution in [2.24, 2.45) is 0 Å². The van der Waals surface area contributed by atoms with Crippen LogP contribution in [-0.2, 0) is 4.79 Å². The van der Waals surface area contributed by atoms with Gasteiger partial charge in [-0.15, -0.1) is 0 Å². The number of hydrogen-bond acceptors (Lipinski definition) is 3. The van der Waals surface area contributed by atoms with E-state index in [0.29, 0.717) is 18.0 Å². The molecule has 3 unspecified atom stereocenters. The predicted molar refractivity (Wildman–Crippen MR) is 73.5 cm³/mol. The van der Waals surface area contributed by atoms with Gasteiger partial charge in [0.2, 0.25) is 5.91 Å². The number of nitrogens with zero attached hydrogens (tertiary/aromatic N) is 2. The van der Waals surface area contributed by atoms with Crippen molar-refractivity contribution in [2.75, 3.05) is 26.7 Å². The first-order chi connectivity index (χ1) is 8.61. The standard InChI is InChI=1S/C14H27N3O/c1-4-12-10-17(9-8-16(12)3)14(18)13-7-5-6-11(2)15-13/h11-13,15H,4-10H2,1-3H3. The van der Waals surface area contributed by atoms with Crippen LogP contribution in [0.15, 0.2) is 0 Å². The van der Waals surface area contributed by atoms with E-state index in [-0.39, 0.29) is 6.04 Å². The molecule has 0 bridgehead atoms. The quantitative estimate of drug-likeness (QED) is 0.799. The van der Waals surface area contributed by atoms with E-state index in [9.17, 15) is 4.79 Å². The van der Waals surface area contributed by atoms with Crippen molar-refractivity contribution in [1.82, 2.24) is 15.1 Å². The van der Waals surface area contributed by atoms with Gasteiger partial charge in [0, 0.05) is 31.7 Å². The summed E-state index contributed by atoms with van der Waals surface area (Å²) < 4.78 is 0. The molecule has 0 radical (unpaired) electrons. The zero-order valence-corrected chi connectivity index (χ0v) is 12.0. The molecule has 2 aliphatic heterocycles. The number of amides is 1. The van der Waals surface area contributed by atoms with Gasteiger partial charge >= 0.3 is 0 Å². The summed E-state index contributed by atoms with van der Waals surface area (Å²) in [6.45, 7) is 7.18. The summed E-state index contributed by atoms with van der Waals surface area (Å²) in [5.74, 6) is 0.327. The highest BCUT2D eigenvalue weighted by molar-refractivity contribution is 5.82. The fraction of sp³-hybridized carbons (Fsp3) is 0.929. The van der Waals surface area contributed by atoms with Gasteiger partial charge in [0.15, 0.2) is 0 Å². The summed E-state index contributed by atoms with van der Waals surface area (Å²) in [6, 6.07) is 1.08. The lowest BCUT2D eigenvalue weighted by Crippen LogP contribution is -2.58. The van der Waals surface area contributed by atoms with Crippen LogP contribution in [0.5, 0.6) is 0 Å². The lowest BCUT2D eigenvalue weighted by atomic mass is 9.98. The molecule has 2 aliphatic rings. The van der Waals surface area contributed by atoms with Gasteiger partial charge in [-0.25, -0.2) is 0 Å². The average molecular weight is 253 g/mol. The van der Waals surface area contributed by atoms with Crippen LogP contribution in [0.1, 0.15) is 39.5 Å². The molecule has 1 amide bonds. The number of carbonyl (C=O) groups excluding carboxylic acids is 1. The first kappa shape index (κ1) is 13.8. The Bertz CT molecular complexity index is 295. The van der Waals surface area contributed by atoms with Gasteiger partial charge in [-0.05, 0) is 39.7 Å². The molecule has 0 aromatic carbocycles. The van der Waals surface area contributed by atoms with Gasteiger partial charge in [-0.2, -0.15) is 0 Å². The maximum Gasteiger partial charge on any atom is 0.239 e. The summed E-state index contributed by atoms with van der Waals surface area (Å²) in [5, 5.41) is 3.45. The largest absolute Gasteiger partial charge is 0.338 e. The molecule has 4 nitrogen and oxygen atoms in total. The zero-order valence-electron chi connectivity index (χ0n) is 12.0. The van der Waals surface area contributed by atoms with Gasteiger partial charge < -0.3 is 10.2 Å².